The molecule has 2 N–H and O–H groups in total. The van der Waals surface area contributed by atoms with E-state index in [9.17, 15) is 22.8 Å². The quantitative estimate of drug-likeness (QED) is 0.457. The molecular weight excluding hydrogens is 533 g/mol. The van der Waals surface area contributed by atoms with Crippen LogP contribution in [0.4, 0.5) is 13.2 Å². The van der Waals surface area contributed by atoms with Crippen LogP contribution in [0.5, 0.6) is 5.75 Å². The van der Waals surface area contributed by atoms with Gasteiger partial charge in [-0.25, -0.2) is 14.8 Å². The number of carbonyl (C=O) groups is 2. The van der Waals surface area contributed by atoms with Crippen LogP contribution in [0.15, 0.2) is 28.7 Å². The van der Waals surface area contributed by atoms with Gasteiger partial charge in [0, 0.05) is 23.4 Å². The highest BCUT2D eigenvalue weighted by Crippen LogP contribution is 2.44. The molecule has 2 aliphatic heterocycles. The summed E-state index contributed by atoms with van der Waals surface area (Å²) in [6, 6.07) is 3.42. The molecule has 5 rings (SSSR count). The van der Waals surface area contributed by atoms with Crippen molar-refractivity contribution in [3.05, 3.63) is 41.4 Å². The van der Waals surface area contributed by atoms with E-state index in [0.29, 0.717) is 6.42 Å². The number of nitrogens with zero attached hydrogens (tertiary/aromatic N) is 3. The number of hydrogen-bond acceptors (Lipinski definition) is 9. The summed E-state index contributed by atoms with van der Waals surface area (Å²) in [6.45, 7) is 5.60. The van der Waals surface area contributed by atoms with E-state index in [2.05, 4.69) is 9.97 Å². The van der Waals surface area contributed by atoms with Crippen molar-refractivity contribution in [1.29, 1.82) is 0 Å². The number of alkyl halides is 3. The molecule has 10 nitrogen and oxygen atoms in total. The lowest BCUT2D eigenvalue weighted by molar-refractivity contribution is -0.146. The molecular formula is C27H29F3N4O6. The highest BCUT2D eigenvalue weighted by atomic mass is 19.4. The van der Waals surface area contributed by atoms with Gasteiger partial charge in [-0.3, -0.25) is 4.79 Å². The van der Waals surface area contributed by atoms with Crippen LogP contribution in [0.25, 0.3) is 22.4 Å². The molecule has 4 atom stereocenters. The van der Waals surface area contributed by atoms with E-state index < -0.39 is 41.4 Å². The zero-order valence-corrected chi connectivity index (χ0v) is 22.5. The Morgan fingerprint density at radius 1 is 1.18 bits per heavy atom. The Morgan fingerprint density at radius 3 is 2.52 bits per heavy atom. The van der Waals surface area contributed by atoms with Crippen LogP contribution in [-0.2, 0) is 20.4 Å². The van der Waals surface area contributed by atoms with Gasteiger partial charge in [0.05, 0.1) is 32.0 Å². The molecule has 0 bridgehead atoms. The lowest BCUT2D eigenvalue weighted by Gasteiger charge is -2.27. The number of benzene rings is 1. The molecule has 214 valence electrons. The molecule has 2 aromatic heterocycles. The summed E-state index contributed by atoms with van der Waals surface area (Å²) in [5, 5.41) is 0.266. The van der Waals surface area contributed by atoms with Crippen LogP contribution >= 0.6 is 0 Å². The summed E-state index contributed by atoms with van der Waals surface area (Å²) in [7, 11) is 2.58. The predicted octanol–water partition coefficient (Wildman–Crippen LogP) is 4.12. The smallest absolute Gasteiger partial charge is 0.433 e. The standard InChI is InChI=1S/C27H29F3N4O6/c1-12(31)22-20(24(35)34-11-17-15(10-26(2,3)40-17)21(34)25(36)38-5)33-23(39-22)14-6-8-16(37-4)19-13(14)7-9-18(32-19)27(28,29)30/h6-9,12,15,17,21H,10-11,31H2,1-5H3/t12-,15-,17-,21-/m0/s1. The molecule has 0 unspecified atom stereocenters. The van der Waals surface area contributed by atoms with Gasteiger partial charge in [0.25, 0.3) is 5.91 Å². The fourth-order valence-corrected chi connectivity index (χ4v) is 5.65. The monoisotopic (exact) mass is 562 g/mol. The Hall–Kier alpha value is -3.71. The maximum absolute atomic E-state index is 13.9. The summed E-state index contributed by atoms with van der Waals surface area (Å²) < 4.78 is 62.4. The highest BCUT2D eigenvalue weighted by Gasteiger charge is 2.56. The summed E-state index contributed by atoms with van der Waals surface area (Å²) in [6.07, 6.45) is -4.48. The van der Waals surface area contributed by atoms with Crippen LogP contribution < -0.4 is 10.5 Å². The number of likely N-dealkylation sites (tertiary alicyclic amines) is 1. The Bertz CT molecular complexity index is 1480. The van der Waals surface area contributed by atoms with E-state index in [1.54, 1.807) is 13.0 Å². The minimum absolute atomic E-state index is 0.0451. The van der Waals surface area contributed by atoms with Gasteiger partial charge in [-0.15, -0.1) is 0 Å². The minimum Gasteiger partial charge on any atom is -0.494 e. The number of nitrogens with two attached hydrogens (primary N) is 1. The molecule has 0 saturated carbocycles. The Kier molecular flexibility index (Phi) is 6.78. The number of fused-ring (bicyclic) bond motifs is 2. The van der Waals surface area contributed by atoms with E-state index in [-0.39, 0.29) is 58.1 Å². The third-order valence-electron chi connectivity index (χ3n) is 7.33. The van der Waals surface area contributed by atoms with Gasteiger partial charge in [0.15, 0.2) is 11.5 Å². The Balaban J connectivity index is 1.58. The minimum atomic E-state index is -4.66. The van der Waals surface area contributed by atoms with Gasteiger partial charge in [-0.1, -0.05) is 0 Å². The van der Waals surface area contributed by atoms with Gasteiger partial charge in [-0.05, 0) is 51.5 Å². The second-order valence-corrected chi connectivity index (χ2v) is 10.6. The van der Waals surface area contributed by atoms with Crippen molar-refractivity contribution in [1.82, 2.24) is 14.9 Å². The van der Waals surface area contributed by atoms with Crippen molar-refractivity contribution >= 4 is 22.8 Å². The molecule has 40 heavy (non-hydrogen) atoms. The van der Waals surface area contributed by atoms with Crippen LogP contribution in [0, 0.1) is 5.92 Å². The van der Waals surface area contributed by atoms with Crippen molar-refractivity contribution in [2.75, 3.05) is 20.8 Å². The van der Waals surface area contributed by atoms with Gasteiger partial charge in [-0.2, -0.15) is 13.2 Å². The molecule has 4 heterocycles. The number of halogens is 3. The molecule has 0 radical (unpaired) electrons. The van der Waals surface area contributed by atoms with E-state index >= 15 is 0 Å². The number of methoxy groups -OCH3 is 2. The molecule has 0 spiro atoms. The van der Waals surface area contributed by atoms with E-state index in [0.717, 1.165) is 6.07 Å². The van der Waals surface area contributed by atoms with Crippen molar-refractivity contribution in [2.45, 2.75) is 57.2 Å². The van der Waals surface area contributed by atoms with Gasteiger partial charge in [0.1, 0.15) is 23.0 Å². The van der Waals surface area contributed by atoms with Crippen LogP contribution in [0.2, 0.25) is 0 Å². The summed E-state index contributed by atoms with van der Waals surface area (Å²) in [5.74, 6) is -1.30. The maximum atomic E-state index is 13.9. The SMILES string of the molecule is COC(=O)[C@@H]1[C@H]2CC(C)(C)O[C@H]2CN1C(=O)c1nc(-c2ccc(OC)c3nc(C(F)(F)F)ccc23)oc1[C@H](C)N. The number of esters is 1. The first kappa shape index (κ1) is 27.8. The van der Waals surface area contributed by atoms with Crippen LogP contribution in [0.3, 0.4) is 0 Å². The van der Waals surface area contributed by atoms with E-state index in [4.69, 9.17) is 24.4 Å². The largest absolute Gasteiger partial charge is 0.494 e. The maximum Gasteiger partial charge on any atom is 0.433 e. The van der Waals surface area contributed by atoms with Gasteiger partial charge < -0.3 is 29.3 Å². The van der Waals surface area contributed by atoms with Crippen LogP contribution in [-0.4, -0.2) is 65.3 Å². The first-order valence-electron chi connectivity index (χ1n) is 12.6. The number of amides is 1. The second-order valence-electron chi connectivity index (χ2n) is 10.6. The number of aromatic nitrogens is 2. The lowest BCUT2D eigenvalue weighted by atomic mass is 9.90. The number of hydrogen-bond donors (Lipinski definition) is 1. The number of ether oxygens (including phenoxy) is 3. The lowest BCUT2D eigenvalue weighted by Crippen LogP contribution is -2.45. The molecule has 13 heteroatoms. The van der Waals surface area contributed by atoms with Gasteiger partial charge >= 0.3 is 12.1 Å². The topological polar surface area (TPSA) is 130 Å². The average Bonchev–Trinajstić information content (AvgIpc) is 3.56. The molecule has 2 saturated heterocycles. The fraction of sp³-hybridized carbons (Fsp3) is 0.481. The van der Waals surface area contributed by atoms with E-state index in [1.165, 1.54) is 31.3 Å². The highest BCUT2D eigenvalue weighted by molar-refractivity contribution is 5.99. The first-order valence-corrected chi connectivity index (χ1v) is 12.6. The molecule has 1 amide bonds. The zero-order valence-electron chi connectivity index (χ0n) is 22.5. The fourth-order valence-electron chi connectivity index (χ4n) is 5.65. The number of oxazole rings is 1. The van der Waals surface area contributed by atoms with Crippen molar-refractivity contribution < 1.29 is 41.4 Å². The second kappa shape index (κ2) is 9.73. The molecule has 1 aromatic carbocycles. The Morgan fingerprint density at radius 2 is 1.90 bits per heavy atom. The first-order chi connectivity index (χ1) is 18.8. The number of pyridine rings is 1. The normalized spacial score (nSPS) is 22.8. The van der Waals surface area contributed by atoms with Crippen molar-refractivity contribution in [3.8, 4) is 17.2 Å². The third kappa shape index (κ3) is 4.66. The summed E-state index contributed by atoms with van der Waals surface area (Å²) >= 11 is 0. The average molecular weight is 563 g/mol. The zero-order chi connectivity index (χ0) is 29.1. The van der Waals surface area contributed by atoms with Crippen molar-refractivity contribution in [2.24, 2.45) is 11.7 Å². The molecule has 3 aromatic rings. The van der Waals surface area contributed by atoms with E-state index in [1.807, 2.05) is 13.8 Å². The number of carbonyl (C=O) groups excluding carboxylic acids is 2. The molecule has 0 aliphatic carbocycles. The molecule has 2 fully saturated rings. The third-order valence-corrected chi connectivity index (χ3v) is 7.33. The predicted molar refractivity (Wildman–Crippen MR) is 135 cm³/mol. The van der Waals surface area contributed by atoms with Crippen molar-refractivity contribution in [3.63, 3.8) is 0 Å². The Labute approximate surface area is 227 Å². The number of rotatable bonds is 5. The molecule has 2 aliphatic rings. The van der Waals surface area contributed by atoms with Gasteiger partial charge in [0.2, 0.25) is 5.89 Å². The summed E-state index contributed by atoms with van der Waals surface area (Å²) in [4.78, 5) is 36.3. The summed E-state index contributed by atoms with van der Waals surface area (Å²) in [5.41, 5.74) is 4.71. The van der Waals surface area contributed by atoms with Crippen LogP contribution in [0.1, 0.15) is 55.2 Å².